The Bertz CT molecular complexity index is 577. The summed E-state index contributed by atoms with van der Waals surface area (Å²) in [6.07, 6.45) is 4.73. The van der Waals surface area contributed by atoms with E-state index in [1.54, 1.807) is 0 Å². The number of amides is 2. The first-order valence-corrected chi connectivity index (χ1v) is 10.0. The van der Waals surface area contributed by atoms with Crippen molar-refractivity contribution in [3.8, 4) is 0 Å². The fourth-order valence-electron chi connectivity index (χ4n) is 3.65. The SMILES string of the molecule is CC(C)C[C@H](NC(=O)C1CCC(C)CC1)C(=O)N[C@H](C)c1ccccc1. The predicted octanol–water partition coefficient (Wildman–Crippen LogP) is 4.22. The van der Waals surface area contributed by atoms with Crippen LogP contribution in [0.5, 0.6) is 0 Å². The van der Waals surface area contributed by atoms with Crippen molar-refractivity contribution in [3.05, 3.63) is 35.9 Å². The molecule has 1 aliphatic rings. The summed E-state index contributed by atoms with van der Waals surface area (Å²) in [6, 6.07) is 9.36. The molecule has 2 N–H and O–H groups in total. The lowest BCUT2D eigenvalue weighted by molar-refractivity contribution is -0.132. The summed E-state index contributed by atoms with van der Waals surface area (Å²) in [4.78, 5) is 25.5. The van der Waals surface area contributed by atoms with Gasteiger partial charge >= 0.3 is 0 Å². The summed E-state index contributed by atoms with van der Waals surface area (Å²) in [7, 11) is 0. The van der Waals surface area contributed by atoms with Crippen molar-refractivity contribution in [1.82, 2.24) is 10.6 Å². The van der Waals surface area contributed by atoms with Crippen LogP contribution in [-0.4, -0.2) is 17.9 Å². The van der Waals surface area contributed by atoms with E-state index in [0.717, 1.165) is 31.2 Å². The molecule has 0 saturated heterocycles. The summed E-state index contributed by atoms with van der Waals surface area (Å²) in [6.45, 7) is 8.38. The fourth-order valence-corrected chi connectivity index (χ4v) is 3.65. The van der Waals surface area contributed by atoms with Crippen LogP contribution in [0.25, 0.3) is 0 Å². The number of carbonyl (C=O) groups excluding carboxylic acids is 2. The minimum atomic E-state index is -0.465. The maximum atomic E-state index is 12.8. The molecule has 1 aliphatic carbocycles. The quantitative estimate of drug-likeness (QED) is 0.767. The van der Waals surface area contributed by atoms with Gasteiger partial charge in [0.15, 0.2) is 0 Å². The van der Waals surface area contributed by atoms with Gasteiger partial charge in [-0.1, -0.05) is 51.1 Å². The molecule has 0 aliphatic heterocycles. The van der Waals surface area contributed by atoms with Crippen molar-refractivity contribution in [1.29, 1.82) is 0 Å². The van der Waals surface area contributed by atoms with Crippen LogP contribution < -0.4 is 10.6 Å². The highest BCUT2D eigenvalue weighted by atomic mass is 16.2. The smallest absolute Gasteiger partial charge is 0.243 e. The van der Waals surface area contributed by atoms with Crippen LogP contribution in [0.3, 0.4) is 0 Å². The first kappa shape index (κ1) is 20.5. The van der Waals surface area contributed by atoms with Crippen molar-refractivity contribution >= 4 is 11.8 Å². The van der Waals surface area contributed by atoms with Crippen LogP contribution >= 0.6 is 0 Å². The first-order chi connectivity index (χ1) is 12.4. The Labute approximate surface area is 158 Å². The topological polar surface area (TPSA) is 58.2 Å². The van der Waals surface area contributed by atoms with Gasteiger partial charge in [-0.05, 0) is 56.4 Å². The molecule has 4 nitrogen and oxygen atoms in total. The average Bonchev–Trinajstić information content (AvgIpc) is 2.62. The van der Waals surface area contributed by atoms with Crippen molar-refractivity contribution in [2.75, 3.05) is 0 Å². The summed E-state index contributed by atoms with van der Waals surface area (Å²) >= 11 is 0. The molecule has 4 heteroatoms. The van der Waals surface area contributed by atoms with Crippen LogP contribution in [-0.2, 0) is 9.59 Å². The highest BCUT2D eigenvalue weighted by Crippen LogP contribution is 2.28. The van der Waals surface area contributed by atoms with Gasteiger partial charge in [0.25, 0.3) is 0 Å². The molecule has 0 heterocycles. The summed E-state index contributed by atoms with van der Waals surface area (Å²) in [5, 5.41) is 6.10. The van der Waals surface area contributed by atoms with Gasteiger partial charge in [0.2, 0.25) is 11.8 Å². The Morgan fingerprint density at radius 1 is 1.00 bits per heavy atom. The van der Waals surface area contributed by atoms with E-state index in [2.05, 4.69) is 31.4 Å². The molecular weight excluding hydrogens is 324 g/mol. The number of carbonyl (C=O) groups is 2. The number of rotatable bonds is 7. The molecule has 0 radical (unpaired) electrons. The summed E-state index contributed by atoms with van der Waals surface area (Å²) in [5.41, 5.74) is 1.07. The fraction of sp³-hybridized carbons (Fsp3) is 0.636. The minimum absolute atomic E-state index is 0.0464. The lowest BCUT2D eigenvalue weighted by Crippen LogP contribution is -2.49. The Hall–Kier alpha value is -1.84. The van der Waals surface area contributed by atoms with Crippen LogP contribution in [0.1, 0.15) is 71.4 Å². The zero-order valence-corrected chi connectivity index (χ0v) is 16.6. The largest absolute Gasteiger partial charge is 0.348 e. The lowest BCUT2D eigenvalue weighted by Gasteiger charge is -2.28. The Morgan fingerprint density at radius 2 is 1.62 bits per heavy atom. The zero-order chi connectivity index (χ0) is 19.1. The van der Waals surface area contributed by atoms with E-state index in [-0.39, 0.29) is 23.8 Å². The summed E-state index contributed by atoms with van der Waals surface area (Å²) in [5.74, 6) is 1.06. The maximum absolute atomic E-state index is 12.8. The van der Waals surface area contributed by atoms with E-state index >= 15 is 0 Å². The van der Waals surface area contributed by atoms with Crippen LogP contribution in [0.15, 0.2) is 30.3 Å². The van der Waals surface area contributed by atoms with Gasteiger partial charge in [0.1, 0.15) is 6.04 Å². The number of hydrogen-bond acceptors (Lipinski definition) is 2. The molecule has 26 heavy (non-hydrogen) atoms. The maximum Gasteiger partial charge on any atom is 0.243 e. The van der Waals surface area contributed by atoms with Gasteiger partial charge in [-0.25, -0.2) is 0 Å². The second-order valence-corrected chi connectivity index (χ2v) is 8.29. The third-order valence-corrected chi connectivity index (χ3v) is 5.39. The van der Waals surface area contributed by atoms with Crippen LogP contribution in [0, 0.1) is 17.8 Å². The normalized spacial score (nSPS) is 22.5. The molecule has 2 atom stereocenters. The van der Waals surface area contributed by atoms with Gasteiger partial charge in [-0.3, -0.25) is 9.59 Å². The third kappa shape index (κ3) is 6.15. The molecule has 2 rings (SSSR count). The molecule has 1 aromatic carbocycles. The van der Waals surface area contributed by atoms with Crippen LogP contribution in [0.2, 0.25) is 0 Å². The molecule has 0 aromatic heterocycles. The van der Waals surface area contributed by atoms with E-state index in [0.29, 0.717) is 18.3 Å². The molecule has 0 unspecified atom stereocenters. The van der Waals surface area contributed by atoms with E-state index in [1.165, 1.54) is 0 Å². The Morgan fingerprint density at radius 3 is 2.19 bits per heavy atom. The van der Waals surface area contributed by atoms with Gasteiger partial charge < -0.3 is 10.6 Å². The Kier molecular flexibility index (Phi) is 7.67. The van der Waals surface area contributed by atoms with Gasteiger partial charge in [0, 0.05) is 5.92 Å². The monoisotopic (exact) mass is 358 g/mol. The number of hydrogen-bond donors (Lipinski definition) is 2. The van der Waals surface area contributed by atoms with Gasteiger partial charge in [-0.2, -0.15) is 0 Å². The molecule has 1 saturated carbocycles. The van der Waals surface area contributed by atoms with E-state index in [1.807, 2.05) is 37.3 Å². The van der Waals surface area contributed by atoms with Crippen molar-refractivity contribution in [2.45, 2.75) is 71.9 Å². The third-order valence-electron chi connectivity index (χ3n) is 5.39. The Balaban J connectivity index is 1.96. The highest BCUT2D eigenvalue weighted by molar-refractivity contribution is 5.88. The second kappa shape index (κ2) is 9.75. The van der Waals surface area contributed by atoms with Crippen molar-refractivity contribution in [3.63, 3.8) is 0 Å². The first-order valence-electron chi connectivity index (χ1n) is 10.0. The average molecular weight is 359 g/mol. The lowest BCUT2D eigenvalue weighted by atomic mass is 9.82. The molecule has 144 valence electrons. The van der Waals surface area contributed by atoms with E-state index in [4.69, 9.17) is 0 Å². The second-order valence-electron chi connectivity index (χ2n) is 8.29. The predicted molar refractivity (Wildman–Crippen MR) is 106 cm³/mol. The minimum Gasteiger partial charge on any atom is -0.348 e. The van der Waals surface area contributed by atoms with Gasteiger partial charge in [0.05, 0.1) is 6.04 Å². The van der Waals surface area contributed by atoms with Crippen LogP contribution in [0.4, 0.5) is 0 Å². The molecular formula is C22H34N2O2. The molecule has 0 spiro atoms. The molecule has 2 amide bonds. The van der Waals surface area contributed by atoms with E-state index < -0.39 is 6.04 Å². The highest BCUT2D eigenvalue weighted by Gasteiger charge is 2.29. The van der Waals surface area contributed by atoms with Gasteiger partial charge in [-0.15, -0.1) is 0 Å². The standard InChI is InChI=1S/C22H34N2O2/c1-15(2)14-20(24-21(25)19-12-10-16(3)11-13-19)22(26)23-17(4)18-8-6-5-7-9-18/h5-9,15-17,19-20H,10-14H2,1-4H3,(H,23,26)(H,24,25)/t16?,17-,19?,20+/m1/s1. The molecule has 1 fully saturated rings. The summed E-state index contributed by atoms with van der Waals surface area (Å²) < 4.78 is 0. The number of nitrogens with one attached hydrogen (secondary N) is 2. The zero-order valence-electron chi connectivity index (χ0n) is 16.6. The molecule has 1 aromatic rings. The number of benzene rings is 1. The molecule has 0 bridgehead atoms. The van der Waals surface area contributed by atoms with Crippen molar-refractivity contribution < 1.29 is 9.59 Å². The van der Waals surface area contributed by atoms with Crippen molar-refractivity contribution in [2.24, 2.45) is 17.8 Å². The van der Waals surface area contributed by atoms with E-state index in [9.17, 15) is 9.59 Å².